The zero-order valence-electron chi connectivity index (χ0n) is 20.7. The first-order valence-electron chi connectivity index (χ1n) is 12.2. The van der Waals surface area contributed by atoms with Gasteiger partial charge in [0.25, 0.3) is 0 Å². The lowest BCUT2D eigenvalue weighted by Crippen LogP contribution is -2.59. The Balaban J connectivity index is 0.000000327. The zero-order chi connectivity index (χ0) is 25.8. The van der Waals surface area contributed by atoms with Gasteiger partial charge < -0.3 is 30.1 Å². The lowest BCUT2D eigenvalue weighted by atomic mass is 9.53. The average molecular weight is 492 g/mol. The molecule has 3 aliphatic rings. The number of carboxylic acids is 2. The molecule has 1 unspecified atom stereocenters. The first kappa shape index (κ1) is 26.9. The summed E-state index contributed by atoms with van der Waals surface area (Å²) in [5, 5.41) is 27.9. The highest BCUT2D eigenvalue weighted by Crippen LogP contribution is 2.54. The Labute approximate surface area is 205 Å². The van der Waals surface area contributed by atoms with Crippen molar-refractivity contribution in [3.63, 3.8) is 0 Å². The van der Waals surface area contributed by atoms with Crippen molar-refractivity contribution in [3.8, 4) is 5.75 Å². The van der Waals surface area contributed by atoms with Gasteiger partial charge in [-0.25, -0.2) is 4.79 Å². The molecule has 0 radical (unpaired) electrons. The van der Waals surface area contributed by atoms with Gasteiger partial charge in [-0.15, -0.1) is 0 Å². The van der Waals surface area contributed by atoms with Crippen molar-refractivity contribution in [1.82, 2.24) is 5.32 Å². The summed E-state index contributed by atoms with van der Waals surface area (Å²) in [6.45, 7) is 6.66. The van der Waals surface area contributed by atoms with Crippen LogP contribution in [0, 0.1) is 11.3 Å². The number of hydrogen-bond donors (Lipinski definition) is 4. The molecule has 0 amide bonds. The van der Waals surface area contributed by atoms with E-state index in [0.29, 0.717) is 11.5 Å². The van der Waals surface area contributed by atoms with Gasteiger partial charge in [0.15, 0.2) is 6.10 Å². The predicted molar refractivity (Wildman–Crippen MR) is 127 cm³/mol. The third-order valence-corrected chi connectivity index (χ3v) is 7.30. The number of esters is 1. The first-order chi connectivity index (χ1) is 16.4. The Kier molecular flexibility index (Phi) is 8.43. The summed E-state index contributed by atoms with van der Waals surface area (Å²) in [5.41, 5.74) is 2.79. The fraction of sp³-hybridized carbons (Fsp3) is 0.654. The minimum atomic E-state index is -1.79. The molecular formula is C26H37NO8. The summed E-state index contributed by atoms with van der Waals surface area (Å²) >= 11 is 0. The number of aliphatic hydroxyl groups is 1. The molecule has 0 aromatic heterocycles. The highest BCUT2D eigenvalue weighted by Gasteiger charge is 2.51. The number of carbonyl (C=O) groups is 3. The van der Waals surface area contributed by atoms with Crippen LogP contribution in [0.2, 0.25) is 0 Å². The average Bonchev–Trinajstić information content (AvgIpc) is 2.78. The van der Waals surface area contributed by atoms with Crippen LogP contribution >= 0.6 is 0 Å². The second-order valence-corrected chi connectivity index (χ2v) is 10.7. The third kappa shape index (κ3) is 6.32. The quantitative estimate of drug-likeness (QED) is 0.349. The normalized spacial score (nSPS) is 25.6. The van der Waals surface area contributed by atoms with Crippen molar-refractivity contribution in [2.75, 3.05) is 13.3 Å². The SMILES string of the molecule is CC(C)(C)C(=O)OCOc1ccc2c(c1)[C@@]13CCCC[C@H]1[C@@H](C2)NCC3.O=C(O)CC(O)C(=O)O. The second kappa shape index (κ2) is 11.0. The maximum atomic E-state index is 11.9. The van der Waals surface area contributed by atoms with Crippen LogP contribution in [0.3, 0.4) is 0 Å². The molecule has 4 N–H and O–H groups in total. The molecular weight excluding hydrogens is 454 g/mol. The number of ether oxygens (including phenoxy) is 2. The van der Waals surface area contributed by atoms with Crippen molar-refractivity contribution >= 4 is 17.9 Å². The molecule has 2 fully saturated rings. The molecule has 2 aliphatic carbocycles. The van der Waals surface area contributed by atoms with E-state index in [-0.39, 0.29) is 12.8 Å². The molecule has 1 aromatic rings. The van der Waals surface area contributed by atoms with Gasteiger partial charge in [-0.2, -0.15) is 0 Å². The molecule has 35 heavy (non-hydrogen) atoms. The minimum Gasteiger partial charge on any atom is -0.481 e. The molecule has 1 aromatic carbocycles. The highest BCUT2D eigenvalue weighted by molar-refractivity contribution is 5.79. The molecule has 194 valence electrons. The Hall–Kier alpha value is -2.65. The van der Waals surface area contributed by atoms with Crippen LogP contribution in [0.4, 0.5) is 0 Å². The molecule has 1 saturated heterocycles. The number of rotatable bonds is 6. The van der Waals surface area contributed by atoms with E-state index in [9.17, 15) is 14.4 Å². The van der Waals surface area contributed by atoms with Gasteiger partial charge in [-0.05, 0) is 82.2 Å². The lowest BCUT2D eigenvalue weighted by Gasteiger charge is -2.56. The van der Waals surface area contributed by atoms with Crippen LogP contribution in [0.15, 0.2) is 18.2 Å². The number of aliphatic carboxylic acids is 2. The van der Waals surface area contributed by atoms with Crippen LogP contribution in [0.5, 0.6) is 5.75 Å². The number of carbonyl (C=O) groups excluding carboxylic acids is 1. The number of fused-ring (bicyclic) bond motifs is 1. The molecule has 9 nitrogen and oxygen atoms in total. The molecule has 4 atom stereocenters. The fourth-order valence-corrected chi connectivity index (χ4v) is 5.61. The summed E-state index contributed by atoms with van der Waals surface area (Å²) in [6, 6.07) is 7.12. The molecule has 1 heterocycles. The van der Waals surface area contributed by atoms with E-state index in [1.165, 1.54) is 43.2 Å². The standard InChI is InChI=1S/C22H31NO3.C4H6O5/c1-21(2,3)20(24)26-14-25-16-8-7-15-12-19-17-6-4-5-9-22(17,10-11-23-19)18(15)13-16;5-2(4(8)9)1-3(6)7/h7-8,13,17,19,23H,4-6,9-12,14H2,1-3H3;2,5H,1H2,(H,6,7)(H,8,9)/t17-,19+,22+;/m0./s1. The molecule has 4 rings (SSSR count). The van der Waals surface area contributed by atoms with Crippen molar-refractivity contribution in [3.05, 3.63) is 29.3 Å². The number of aliphatic hydroxyl groups excluding tert-OH is 1. The van der Waals surface area contributed by atoms with Crippen molar-refractivity contribution in [1.29, 1.82) is 0 Å². The second-order valence-electron chi connectivity index (χ2n) is 10.7. The lowest BCUT2D eigenvalue weighted by molar-refractivity contribution is -0.159. The number of piperidine rings is 1. The monoisotopic (exact) mass is 491 g/mol. The van der Waals surface area contributed by atoms with E-state index in [1.54, 1.807) is 0 Å². The molecule has 1 saturated carbocycles. The predicted octanol–water partition coefficient (Wildman–Crippen LogP) is 2.86. The largest absolute Gasteiger partial charge is 0.481 e. The molecule has 2 bridgehead atoms. The van der Waals surface area contributed by atoms with Crippen molar-refractivity contribution < 1.29 is 39.2 Å². The first-order valence-corrected chi connectivity index (χ1v) is 12.2. The van der Waals surface area contributed by atoms with Gasteiger partial charge in [-0.1, -0.05) is 18.9 Å². The Bertz CT molecular complexity index is 936. The summed E-state index contributed by atoms with van der Waals surface area (Å²) in [5.74, 6) is -1.50. The number of benzene rings is 1. The summed E-state index contributed by atoms with van der Waals surface area (Å²) in [7, 11) is 0. The number of hydrogen-bond acceptors (Lipinski definition) is 7. The van der Waals surface area contributed by atoms with Crippen LogP contribution < -0.4 is 10.1 Å². The maximum absolute atomic E-state index is 11.9. The highest BCUT2D eigenvalue weighted by atomic mass is 16.7. The van der Waals surface area contributed by atoms with Crippen molar-refractivity contribution in [2.45, 2.75) is 83.3 Å². The summed E-state index contributed by atoms with van der Waals surface area (Å²) in [4.78, 5) is 31.3. The number of nitrogens with one attached hydrogen (secondary N) is 1. The minimum absolute atomic E-state index is 0.0184. The Morgan fingerprint density at radius 2 is 1.91 bits per heavy atom. The van der Waals surface area contributed by atoms with E-state index in [4.69, 9.17) is 24.8 Å². The summed E-state index contributed by atoms with van der Waals surface area (Å²) in [6.07, 6.45) is 5.13. The third-order valence-electron chi connectivity index (χ3n) is 7.30. The van der Waals surface area contributed by atoms with Crippen LogP contribution in [0.1, 0.15) is 70.4 Å². The van der Waals surface area contributed by atoms with E-state index >= 15 is 0 Å². The Morgan fingerprint density at radius 3 is 2.54 bits per heavy atom. The zero-order valence-corrected chi connectivity index (χ0v) is 20.7. The fourth-order valence-electron chi connectivity index (χ4n) is 5.61. The van der Waals surface area contributed by atoms with Crippen molar-refractivity contribution in [2.24, 2.45) is 11.3 Å². The van der Waals surface area contributed by atoms with E-state index < -0.39 is 29.9 Å². The van der Waals surface area contributed by atoms with Crippen LogP contribution in [-0.4, -0.2) is 58.7 Å². The molecule has 9 heteroatoms. The molecule has 1 aliphatic heterocycles. The van der Waals surface area contributed by atoms with Gasteiger partial charge in [0.1, 0.15) is 5.75 Å². The van der Waals surface area contributed by atoms with E-state index in [2.05, 4.69) is 17.4 Å². The smallest absolute Gasteiger partial charge is 0.333 e. The van der Waals surface area contributed by atoms with Gasteiger partial charge in [0.05, 0.1) is 11.8 Å². The maximum Gasteiger partial charge on any atom is 0.333 e. The van der Waals surface area contributed by atoms with Crippen LogP contribution in [-0.2, 0) is 31.0 Å². The topological polar surface area (TPSA) is 142 Å². The van der Waals surface area contributed by atoms with Gasteiger partial charge in [0, 0.05) is 11.5 Å². The summed E-state index contributed by atoms with van der Waals surface area (Å²) < 4.78 is 11.1. The van der Waals surface area contributed by atoms with Gasteiger partial charge in [-0.3, -0.25) is 9.59 Å². The van der Waals surface area contributed by atoms with Crippen LogP contribution in [0.25, 0.3) is 0 Å². The molecule has 0 spiro atoms. The van der Waals surface area contributed by atoms with Gasteiger partial charge in [0.2, 0.25) is 6.79 Å². The van der Waals surface area contributed by atoms with E-state index in [1.807, 2.05) is 26.8 Å². The number of carboxylic acid groups (broad SMARTS) is 2. The Morgan fingerprint density at radius 1 is 1.17 bits per heavy atom. The van der Waals surface area contributed by atoms with Gasteiger partial charge >= 0.3 is 17.9 Å². The van der Waals surface area contributed by atoms with E-state index in [0.717, 1.165) is 24.6 Å².